The van der Waals surface area contributed by atoms with Gasteiger partial charge in [0.05, 0.1) is 11.0 Å². The zero-order valence-electron chi connectivity index (χ0n) is 23.7. The maximum absolute atomic E-state index is 12.9. The Labute approximate surface area is 223 Å². The first kappa shape index (κ1) is 26.5. The van der Waals surface area contributed by atoms with E-state index in [4.69, 9.17) is 9.72 Å². The van der Waals surface area contributed by atoms with E-state index in [0.717, 1.165) is 24.9 Å². The molecule has 0 bridgehead atoms. The summed E-state index contributed by atoms with van der Waals surface area (Å²) in [7, 11) is 0. The van der Waals surface area contributed by atoms with Crippen molar-refractivity contribution in [1.29, 1.82) is 0 Å². The van der Waals surface area contributed by atoms with Crippen LogP contribution in [0.4, 0.5) is 4.79 Å². The van der Waals surface area contributed by atoms with Gasteiger partial charge in [-0.2, -0.15) is 0 Å². The van der Waals surface area contributed by atoms with Crippen LogP contribution in [0.15, 0.2) is 24.3 Å². The zero-order valence-corrected chi connectivity index (χ0v) is 23.7. The normalized spacial score (nSPS) is 24.5. The summed E-state index contributed by atoms with van der Waals surface area (Å²) in [6.07, 6.45) is 13.9. The van der Waals surface area contributed by atoms with Crippen LogP contribution in [-0.4, -0.2) is 62.8 Å². The quantitative estimate of drug-likeness (QED) is 0.437. The van der Waals surface area contributed by atoms with Crippen LogP contribution in [0, 0.1) is 0 Å². The lowest BCUT2D eigenvalue weighted by molar-refractivity contribution is 0.0192. The Kier molecular flexibility index (Phi) is 7.86. The van der Waals surface area contributed by atoms with Gasteiger partial charge in [-0.1, -0.05) is 44.2 Å². The SMILES string of the molecule is CC(C)(C)OC(=O)N1CCC[C@H](c2nc3ccccc3n2C2CCN(C3(C)CCCCCCC3)CC2)C1. The molecule has 3 heterocycles. The molecule has 3 aliphatic rings. The molecule has 2 aromatic rings. The van der Waals surface area contributed by atoms with Crippen molar-refractivity contribution in [3.8, 4) is 0 Å². The van der Waals surface area contributed by atoms with Gasteiger partial charge in [0.15, 0.2) is 0 Å². The van der Waals surface area contributed by atoms with Crippen LogP contribution in [0.1, 0.15) is 116 Å². The van der Waals surface area contributed by atoms with Crippen molar-refractivity contribution in [2.75, 3.05) is 26.2 Å². The van der Waals surface area contributed by atoms with E-state index in [1.807, 2.05) is 25.7 Å². The number of carbonyl (C=O) groups is 1. The average Bonchev–Trinajstić information content (AvgIpc) is 3.25. The van der Waals surface area contributed by atoms with Gasteiger partial charge < -0.3 is 14.2 Å². The fourth-order valence-corrected chi connectivity index (χ4v) is 7.06. The maximum atomic E-state index is 12.9. The number of hydrogen-bond acceptors (Lipinski definition) is 4. The Morgan fingerprint density at radius 3 is 2.32 bits per heavy atom. The monoisotopic (exact) mass is 508 g/mol. The summed E-state index contributed by atoms with van der Waals surface area (Å²) in [4.78, 5) is 22.8. The second-order valence-corrected chi connectivity index (χ2v) is 13.1. The molecule has 0 spiro atoms. The fourth-order valence-electron chi connectivity index (χ4n) is 7.06. The molecule has 37 heavy (non-hydrogen) atoms. The number of aromatic nitrogens is 2. The smallest absolute Gasteiger partial charge is 0.410 e. The largest absolute Gasteiger partial charge is 0.444 e. The molecule has 2 aliphatic heterocycles. The van der Waals surface area contributed by atoms with Crippen LogP contribution < -0.4 is 0 Å². The van der Waals surface area contributed by atoms with Crippen molar-refractivity contribution in [2.45, 2.75) is 121 Å². The fraction of sp³-hybridized carbons (Fsp3) is 0.742. The van der Waals surface area contributed by atoms with Crippen molar-refractivity contribution < 1.29 is 9.53 Å². The number of fused-ring (bicyclic) bond motifs is 1. The molecular weight excluding hydrogens is 460 g/mol. The van der Waals surface area contributed by atoms with Crippen LogP contribution in [0.25, 0.3) is 11.0 Å². The third kappa shape index (κ3) is 6.00. The molecule has 1 aromatic heterocycles. The number of likely N-dealkylation sites (tertiary alicyclic amines) is 2. The minimum atomic E-state index is -0.474. The second-order valence-electron chi connectivity index (χ2n) is 13.1. The van der Waals surface area contributed by atoms with Gasteiger partial charge in [0.25, 0.3) is 0 Å². The minimum absolute atomic E-state index is 0.194. The molecular formula is C31H48N4O2. The zero-order chi connectivity index (χ0) is 26.0. The number of rotatable bonds is 3. The molecule has 1 saturated carbocycles. The summed E-state index contributed by atoms with van der Waals surface area (Å²) in [6, 6.07) is 9.09. The summed E-state index contributed by atoms with van der Waals surface area (Å²) >= 11 is 0. The molecule has 6 heteroatoms. The van der Waals surface area contributed by atoms with Crippen LogP contribution in [0.5, 0.6) is 0 Å². The molecule has 1 atom stereocenters. The summed E-state index contributed by atoms with van der Waals surface area (Å²) < 4.78 is 8.28. The Morgan fingerprint density at radius 2 is 1.62 bits per heavy atom. The first-order valence-electron chi connectivity index (χ1n) is 14.9. The van der Waals surface area contributed by atoms with Gasteiger partial charge in [0, 0.05) is 43.7 Å². The van der Waals surface area contributed by atoms with E-state index in [2.05, 4.69) is 40.7 Å². The van der Waals surface area contributed by atoms with Crippen LogP contribution >= 0.6 is 0 Å². The number of hydrogen-bond donors (Lipinski definition) is 0. The lowest BCUT2D eigenvalue weighted by Crippen LogP contribution is -2.50. The second kappa shape index (κ2) is 11.0. The molecule has 0 unspecified atom stereocenters. The molecule has 1 aliphatic carbocycles. The highest BCUT2D eigenvalue weighted by Crippen LogP contribution is 2.39. The van der Waals surface area contributed by atoms with E-state index in [-0.39, 0.29) is 12.0 Å². The minimum Gasteiger partial charge on any atom is -0.444 e. The van der Waals surface area contributed by atoms with Gasteiger partial charge >= 0.3 is 6.09 Å². The maximum Gasteiger partial charge on any atom is 0.410 e. The van der Waals surface area contributed by atoms with Crippen molar-refractivity contribution in [3.05, 3.63) is 30.1 Å². The predicted octanol–water partition coefficient (Wildman–Crippen LogP) is 7.29. The molecule has 1 amide bonds. The highest BCUT2D eigenvalue weighted by molar-refractivity contribution is 5.76. The van der Waals surface area contributed by atoms with Crippen molar-refractivity contribution in [2.24, 2.45) is 0 Å². The highest BCUT2D eigenvalue weighted by Gasteiger charge is 2.37. The Bertz CT molecular complexity index is 1050. The number of carbonyl (C=O) groups excluding carboxylic acids is 1. The standard InChI is InChI=1S/C31H48N4O2/c1-30(2,3)37-29(36)33-20-12-13-24(23-33)28-32-26-14-8-9-15-27(26)35(28)25-16-21-34(22-17-25)31(4)18-10-6-5-7-11-19-31/h8-9,14-15,24-25H,5-7,10-13,16-23H2,1-4H3/t24-/m0/s1. The molecule has 5 rings (SSSR count). The van der Waals surface area contributed by atoms with Gasteiger partial charge in [-0.25, -0.2) is 9.78 Å². The van der Waals surface area contributed by atoms with Crippen molar-refractivity contribution >= 4 is 17.1 Å². The number of nitrogens with zero attached hydrogens (tertiary/aromatic N) is 4. The van der Waals surface area contributed by atoms with E-state index in [9.17, 15) is 4.79 Å². The molecule has 6 nitrogen and oxygen atoms in total. The molecule has 0 N–H and O–H groups in total. The van der Waals surface area contributed by atoms with Crippen molar-refractivity contribution in [1.82, 2.24) is 19.4 Å². The van der Waals surface area contributed by atoms with Gasteiger partial charge in [-0.15, -0.1) is 0 Å². The van der Waals surface area contributed by atoms with Crippen LogP contribution in [-0.2, 0) is 4.74 Å². The summed E-state index contributed by atoms with van der Waals surface area (Å²) in [5.74, 6) is 1.42. The number of amides is 1. The lowest BCUT2D eigenvalue weighted by atomic mass is 9.82. The number of piperidine rings is 2. The van der Waals surface area contributed by atoms with E-state index >= 15 is 0 Å². The Morgan fingerprint density at radius 1 is 0.946 bits per heavy atom. The van der Waals surface area contributed by atoms with E-state index in [1.165, 1.54) is 82.2 Å². The topological polar surface area (TPSA) is 50.6 Å². The Hall–Kier alpha value is -2.08. The summed E-state index contributed by atoms with van der Waals surface area (Å²) in [6.45, 7) is 12.1. The summed E-state index contributed by atoms with van der Waals surface area (Å²) in [5.41, 5.74) is 2.23. The molecule has 204 valence electrons. The highest BCUT2D eigenvalue weighted by atomic mass is 16.6. The van der Waals surface area contributed by atoms with Crippen LogP contribution in [0.3, 0.4) is 0 Å². The average molecular weight is 509 g/mol. The van der Waals surface area contributed by atoms with Crippen LogP contribution in [0.2, 0.25) is 0 Å². The van der Waals surface area contributed by atoms with Gasteiger partial charge in [0.2, 0.25) is 0 Å². The number of ether oxygens (including phenoxy) is 1. The number of benzene rings is 1. The number of para-hydroxylation sites is 2. The predicted molar refractivity (Wildman–Crippen MR) is 150 cm³/mol. The first-order chi connectivity index (χ1) is 17.7. The number of imidazole rings is 1. The van der Waals surface area contributed by atoms with Crippen molar-refractivity contribution in [3.63, 3.8) is 0 Å². The van der Waals surface area contributed by atoms with E-state index < -0.39 is 5.60 Å². The first-order valence-corrected chi connectivity index (χ1v) is 14.9. The third-order valence-electron chi connectivity index (χ3n) is 9.09. The van der Waals surface area contributed by atoms with E-state index in [1.54, 1.807) is 0 Å². The molecule has 1 aromatic carbocycles. The van der Waals surface area contributed by atoms with Gasteiger partial charge in [-0.05, 0) is 78.4 Å². The van der Waals surface area contributed by atoms with Gasteiger partial charge in [0.1, 0.15) is 11.4 Å². The molecule has 3 fully saturated rings. The summed E-state index contributed by atoms with van der Waals surface area (Å²) in [5, 5.41) is 0. The molecule has 2 saturated heterocycles. The third-order valence-corrected chi connectivity index (χ3v) is 9.09. The van der Waals surface area contributed by atoms with Gasteiger partial charge in [-0.3, -0.25) is 4.90 Å². The van der Waals surface area contributed by atoms with E-state index in [0.29, 0.717) is 18.1 Å². The lowest BCUT2D eigenvalue weighted by Gasteiger charge is -2.46. The Balaban J connectivity index is 1.35. The molecule has 0 radical (unpaired) electrons.